The Balaban J connectivity index is 2.19. The van der Waals surface area contributed by atoms with Gasteiger partial charge in [-0.1, -0.05) is 19.1 Å². The van der Waals surface area contributed by atoms with Crippen LogP contribution in [-0.2, 0) is 6.42 Å². The van der Waals surface area contributed by atoms with Crippen molar-refractivity contribution in [3.05, 3.63) is 29.8 Å². The summed E-state index contributed by atoms with van der Waals surface area (Å²) in [5.41, 5.74) is 6.74. The molecule has 0 aliphatic carbocycles. The van der Waals surface area contributed by atoms with Gasteiger partial charge in [0, 0.05) is 0 Å². The highest BCUT2D eigenvalue weighted by Crippen LogP contribution is 2.20. The number of hydrogen-bond donors (Lipinski definition) is 1. The van der Waals surface area contributed by atoms with Gasteiger partial charge in [-0.2, -0.15) is 9.97 Å². The summed E-state index contributed by atoms with van der Waals surface area (Å²) in [5.74, 6) is 0.696. The van der Waals surface area contributed by atoms with Crippen molar-refractivity contribution in [3.63, 3.8) is 0 Å². The Morgan fingerprint density at radius 1 is 1.06 bits per heavy atom. The van der Waals surface area contributed by atoms with Crippen LogP contribution >= 0.6 is 0 Å². The maximum absolute atomic E-state index is 5.51. The molecule has 0 saturated carbocycles. The van der Waals surface area contributed by atoms with E-state index < -0.39 is 0 Å². The molecular formula is C12H14N4O2. The molecule has 2 rings (SSSR count). The average Bonchev–Trinajstić information content (AvgIpc) is 2.39. The predicted molar refractivity (Wildman–Crippen MR) is 66.7 cm³/mol. The van der Waals surface area contributed by atoms with Crippen LogP contribution in [-0.4, -0.2) is 22.1 Å². The smallest absolute Gasteiger partial charge is 0.330 e. The van der Waals surface area contributed by atoms with Crippen LogP contribution in [0.4, 0.5) is 5.95 Å². The summed E-state index contributed by atoms with van der Waals surface area (Å²) in [4.78, 5) is 11.6. The number of rotatable bonds is 4. The largest absolute Gasteiger partial charge is 0.467 e. The van der Waals surface area contributed by atoms with Gasteiger partial charge in [0.05, 0.1) is 7.11 Å². The molecule has 6 heteroatoms. The zero-order valence-electron chi connectivity index (χ0n) is 10.3. The van der Waals surface area contributed by atoms with E-state index in [1.54, 1.807) is 0 Å². The number of aryl methyl sites for hydroxylation is 1. The quantitative estimate of drug-likeness (QED) is 0.885. The maximum atomic E-state index is 5.51. The second-order valence-corrected chi connectivity index (χ2v) is 3.56. The van der Waals surface area contributed by atoms with Crippen LogP contribution in [0.1, 0.15) is 12.5 Å². The predicted octanol–water partition coefficient (Wildman–Crippen LogP) is 1.82. The normalized spacial score (nSPS) is 10.1. The lowest BCUT2D eigenvalue weighted by Crippen LogP contribution is -2.02. The van der Waals surface area contributed by atoms with Crippen molar-refractivity contribution in [1.29, 1.82) is 0 Å². The molecule has 1 heterocycles. The summed E-state index contributed by atoms with van der Waals surface area (Å²) in [6.45, 7) is 2.09. The van der Waals surface area contributed by atoms with Gasteiger partial charge in [-0.25, -0.2) is 0 Å². The summed E-state index contributed by atoms with van der Waals surface area (Å²) in [5, 5.41) is 0. The Morgan fingerprint density at radius 2 is 1.72 bits per heavy atom. The minimum Gasteiger partial charge on any atom is -0.467 e. The van der Waals surface area contributed by atoms with E-state index in [4.69, 9.17) is 15.2 Å². The molecular weight excluding hydrogens is 232 g/mol. The number of nitrogens with two attached hydrogens (primary N) is 1. The molecule has 18 heavy (non-hydrogen) atoms. The first-order chi connectivity index (χ1) is 8.71. The molecule has 0 bridgehead atoms. The molecule has 0 saturated heterocycles. The van der Waals surface area contributed by atoms with Gasteiger partial charge in [0.1, 0.15) is 5.75 Å². The van der Waals surface area contributed by atoms with Crippen LogP contribution in [0.25, 0.3) is 0 Å². The maximum Gasteiger partial charge on any atom is 0.330 e. The summed E-state index contributed by atoms with van der Waals surface area (Å²) in [6, 6.07) is 7.91. The van der Waals surface area contributed by atoms with Gasteiger partial charge in [-0.05, 0) is 24.1 Å². The molecule has 0 fully saturated rings. The van der Waals surface area contributed by atoms with E-state index in [2.05, 4.69) is 21.9 Å². The fourth-order valence-electron chi connectivity index (χ4n) is 1.39. The molecule has 1 aromatic heterocycles. The minimum absolute atomic E-state index is 0.0574. The molecule has 94 valence electrons. The second kappa shape index (κ2) is 5.31. The lowest BCUT2D eigenvalue weighted by Gasteiger charge is -2.06. The highest BCUT2D eigenvalue weighted by atomic mass is 16.5. The lowest BCUT2D eigenvalue weighted by molar-refractivity contribution is 0.360. The number of nitrogens with zero attached hydrogens (tertiary/aromatic N) is 3. The molecule has 0 radical (unpaired) electrons. The number of aromatic nitrogens is 3. The number of nitrogen functional groups attached to an aromatic ring is 1. The zero-order chi connectivity index (χ0) is 13.0. The van der Waals surface area contributed by atoms with Crippen LogP contribution in [0.15, 0.2) is 24.3 Å². The Labute approximate surface area is 105 Å². The van der Waals surface area contributed by atoms with Crippen molar-refractivity contribution >= 4 is 5.95 Å². The van der Waals surface area contributed by atoms with Crippen molar-refractivity contribution < 1.29 is 9.47 Å². The average molecular weight is 246 g/mol. The highest BCUT2D eigenvalue weighted by Gasteiger charge is 2.06. The van der Waals surface area contributed by atoms with E-state index in [0.29, 0.717) is 5.75 Å². The van der Waals surface area contributed by atoms with Crippen LogP contribution in [0, 0.1) is 0 Å². The molecule has 0 aliphatic heterocycles. The van der Waals surface area contributed by atoms with Gasteiger partial charge in [0.2, 0.25) is 5.95 Å². The summed E-state index contributed by atoms with van der Waals surface area (Å²) >= 11 is 0. The number of anilines is 1. The van der Waals surface area contributed by atoms with Crippen molar-refractivity contribution in [2.75, 3.05) is 12.8 Å². The Bertz CT molecular complexity index is 528. The van der Waals surface area contributed by atoms with E-state index in [0.717, 1.165) is 6.42 Å². The molecule has 0 aliphatic rings. The first kappa shape index (κ1) is 12.1. The fourth-order valence-corrected chi connectivity index (χ4v) is 1.39. The first-order valence-electron chi connectivity index (χ1n) is 5.53. The highest BCUT2D eigenvalue weighted by molar-refractivity contribution is 5.30. The van der Waals surface area contributed by atoms with Crippen molar-refractivity contribution in [2.24, 2.45) is 0 Å². The van der Waals surface area contributed by atoms with Crippen LogP contribution in [0.3, 0.4) is 0 Å². The number of methoxy groups -OCH3 is 1. The van der Waals surface area contributed by atoms with E-state index >= 15 is 0 Å². The van der Waals surface area contributed by atoms with Gasteiger partial charge in [0.15, 0.2) is 0 Å². The molecule has 2 aromatic rings. The van der Waals surface area contributed by atoms with Crippen LogP contribution < -0.4 is 15.2 Å². The minimum atomic E-state index is 0.0574. The molecule has 1 aromatic carbocycles. The summed E-state index contributed by atoms with van der Waals surface area (Å²) < 4.78 is 10.4. The fraction of sp³-hybridized carbons (Fsp3) is 0.250. The van der Waals surface area contributed by atoms with E-state index in [1.165, 1.54) is 12.7 Å². The standard InChI is InChI=1S/C12H14N4O2/c1-3-8-4-6-9(7-5-8)18-12-15-10(13)14-11(16-12)17-2/h4-7H,3H2,1-2H3,(H2,13,14,15,16). The second-order valence-electron chi connectivity index (χ2n) is 3.56. The monoisotopic (exact) mass is 246 g/mol. The van der Waals surface area contributed by atoms with Crippen molar-refractivity contribution in [3.8, 4) is 17.8 Å². The summed E-state index contributed by atoms with van der Waals surface area (Å²) in [7, 11) is 1.45. The van der Waals surface area contributed by atoms with E-state index in [1.807, 2.05) is 24.3 Å². The Kier molecular flexibility index (Phi) is 3.57. The molecule has 6 nitrogen and oxygen atoms in total. The number of ether oxygens (including phenoxy) is 2. The molecule has 0 atom stereocenters. The van der Waals surface area contributed by atoms with Gasteiger partial charge in [-0.15, -0.1) is 4.98 Å². The van der Waals surface area contributed by atoms with Gasteiger partial charge in [-0.3, -0.25) is 0 Å². The van der Waals surface area contributed by atoms with Crippen LogP contribution in [0.2, 0.25) is 0 Å². The third kappa shape index (κ3) is 2.85. The molecule has 0 amide bonds. The Hall–Kier alpha value is -2.37. The van der Waals surface area contributed by atoms with Crippen LogP contribution in [0.5, 0.6) is 17.8 Å². The number of hydrogen-bond acceptors (Lipinski definition) is 6. The first-order valence-corrected chi connectivity index (χ1v) is 5.53. The van der Waals surface area contributed by atoms with Gasteiger partial charge < -0.3 is 15.2 Å². The third-order valence-corrected chi connectivity index (χ3v) is 2.33. The molecule has 0 spiro atoms. The lowest BCUT2D eigenvalue weighted by atomic mass is 10.2. The Morgan fingerprint density at radius 3 is 2.33 bits per heavy atom. The van der Waals surface area contributed by atoms with Gasteiger partial charge in [0.25, 0.3) is 0 Å². The zero-order valence-corrected chi connectivity index (χ0v) is 10.3. The molecule has 0 unspecified atom stereocenters. The van der Waals surface area contributed by atoms with Crippen molar-refractivity contribution in [2.45, 2.75) is 13.3 Å². The molecule has 2 N–H and O–H groups in total. The van der Waals surface area contributed by atoms with E-state index in [-0.39, 0.29) is 18.0 Å². The topological polar surface area (TPSA) is 83.2 Å². The third-order valence-electron chi connectivity index (χ3n) is 2.33. The van der Waals surface area contributed by atoms with Gasteiger partial charge >= 0.3 is 12.0 Å². The van der Waals surface area contributed by atoms with Crippen molar-refractivity contribution in [1.82, 2.24) is 15.0 Å². The van der Waals surface area contributed by atoms with E-state index in [9.17, 15) is 0 Å². The number of benzene rings is 1. The summed E-state index contributed by atoms with van der Waals surface area (Å²) in [6.07, 6.45) is 0.979. The SMILES string of the molecule is CCc1ccc(Oc2nc(N)nc(OC)n2)cc1.